The zero-order valence-corrected chi connectivity index (χ0v) is 20.1. The van der Waals surface area contributed by atoms with Crippen LogP contribution in [-0.2, 0) is 27.0 Å². The lowest BCUT2D eigenvalue weighted by molar-refractivity contribution is 0.104. The number of carbonyl (C=O) groups is 1. The molecule has 0 spiro atoms. The molecule has 0 amide bonds. The lowest BCUT2D eigenvalue weighted by Crippen LogP contribution is -2.21. The van der Waals surface area contributed by atoms with Gasteiger partial charge in [0.1, 0.15) is 4.90 Å². The fourth-order valence-electron chi connectivity index (χ4n) is 4.35. The predicted molar refractivity (Wildman–Crippen MR) is 131 cm³/mol. The first-order chi connectivity index (χ1) is 16.4. The van der Waals surface area contributed by atoms with Gasteiger partial charge in [-0.3, -0.25) is 14.1 Å². The summed E-state index contributed by atoms with van der Waals surface area (Å²) >= 11 is 0. The van der Waals surface area contributed by atoms with E-state index in [-0.39, 0.29) is 33.2 Å². The Kier molecular flexibility index (Phi) is 4.99. The lowest BCUT2D eigenvalue weighted by Gasteiger charge is -2.24. The van der Waals surface area contributed by atoms with Gasteiger partial charge in [0, 0.05) is 30.3 Å². The van der Waals surface area contributed by atoms with Crippen LogP contribution in [-0.4, -0.2) is 38.0 Å². The molecule has 3 aromatic carbocycles. The van der Waals surface area contributed by atoms with Crippen molar-refractivity contribution in [2.45, 2.75) is 9.79 Å². The van der Waals surface area contributed by atoms with Crippen LogP contribution in [0, 0.1) is 0 Å². The van der Waals surface area contributed by atoms with Crippen molar-refractivity contribution in [2.75, 3.05) is 11.6 Å². The van der Waals surface area contributed by atoms with E-state index in [4.69, 9.17) is 0 Å². The average molecular weight is 511 g/mol. The number of hydrogen-bond acceptors (Lipinski definition) is 7. The number of ketones is 1. The third-order valence-corrected chi connectivity index (χ3v) is 8.03. The van der Waals surface area contributed by atoms with Crippen LogP contribution in [0.4, 0.5) is 11.4 Å². The van der Waals surface area contributed by atoms with Gasteiger partial charge in [0.05, 0.1) is 27.4 Å². The molecule has 0 radical (unpaired) electrons. The Morgan fingerprint density at radius 1 is 0.829 bits per heavy atom. The van der Waals surface area contributed by atoms with Crippen molar-refractivity contribution in [3.63, 3.8) is 0 Å². The maximum Gasteiger partial charge on any atom is 0.296 e. The molecule has 9 nitrogen and oxygen atoms in total. The maximum absolute atomic E-state index is 13.6. The fourth-order valence-corrected chi connectivity index (χ4v) is 5.75. The van der Waals surface area contributed by atoms with Gasteiger partial charge in [-0.1, -0.05) is 24.3 Å². The predicted octanol–water partition coefficient (Wildman–Crippen LogP) is 3.14. The largest absolute Gasteiger partial charge is 0.354 e. The van der Waals surface area contributed by atoms with E-state index in [0.29, 0.717) is 27.6 Å². The molecule has 2 N–H and O–H groups in total. The fraction of sp³-hybridized carbons (Fsp3) is 0.0833. The summed E-state index contributed by atoms with van der Waals surface area (Å²) in [5, 5.41) is 3.40. The maximum atomic E-state index is 13.6. The standard InChI is InChI=1S/C24H18N2O7S2/c1-26-19-10-9-18(25-17-8-7-13(34(2,29)30)11-20(17)35(31,32)33)23-22(19)16(12-21(26)27)14-5-3-4-6-15(14)24(23)28/h3-12,25H,1-2H3,(H,31,32,33). The zero-order chi connectivity index (χ0) is 25.3. The summed E-state index contributed by atoms with van der Waals surface area (Å²) in [5.41, 5.74) is 2.15. The summed E-state index contributed by atoms with van der Waals surface area (Å²) in [7, 11) is -6.99. The number of nitrogens with zero attached hydrogens (tertiary/aromatic N) is 1. The van der Waals surface area contributed by atoms with Gasteiger partial charge in [-0.05, 0) is 41.5 Å². The van der Waals surface area contributed by atoms with Gasteiger partial charge in [-0.25, -0.2) is 8.42 Å². The summed E-state index contributed by atoms with van der Waals surface area (Å²) < 4.78 is 59.2. The van der Waals surface area contributed by atoms with Crippen molar-refractivity contribution < 1.29 is 26.2 Å². The van der Waals surface area contributed by atoms with Gasteiger partial charge in [0.25, 0.3) is 15.7 Å². The molecule has 0 atom stereocenters. The molecule has 35 heavy (non-hydrogen) atoms. The van der Waals surface area contributed by atoms with Gasteiger partial charge < -0.3 is 9.88 Å². The molecule has 0 saturated carbocycles. The summed E-state index contributed by atoms with van der Waals surface area (Å²) in [6.07, 6.45) is 0.915. The van der Waals surface area contributed by atoms with Crippen LogP contribution in [0.3, 0.4) is 0 Å². The number of sulfone groups is 1. The van der Waals surface area contributed by atoms with E-state index in [2.05, 4.69) is 5.32 Å². The molecule has 1 aliphatic carbocycles. The van der Waals surface area contributed by atoms with Crippen LogP contribution in [0.1, 0.15) is 15.9 Å². The van der Waals surface area contributed by atoms with Crippen molar-refractivity contribution >= 4 is 48.0 Å². The van der Waals surface area contributed by atoms with Crippen LogP contribution in [0.5, 0.6) is 0 Å². The number of anilines is 2. The number of nitrogens with one attached hydrogen (secondary N) is 1. The Bertz CT molecular complexity index is 1870. The van der Waals surface area contributed by atoms with Crippen molar-refractivity contribution in [3.8, 4) is 11.1 Å². The van der Waals surface area contributed by atoms with E-state index >= 15 is 0 Å². The number of carbonyl (C=O) groups excluding carboxylic acids is 1. The summed E-state index contributed by atoms with van der Waals surface area (Å²) in [5.74, 6) is -0.332. The monoisotopic (exact) mass is 510 g/mol. The van der Waals surface area contributed by atoms with Crippen LogP contribution in [0.2, 0.25) is 0 Å². The highest BCUT2D eigenvalue weighted by Crippen LogP contribution is 2.42. The third-order valence-electron chi connectivity index (χ3n) is 6.03. The van der Waals surface area contributed by atoms with Crippen LogP contribution >= 0.6 is 0 Å². The van der Waals surface area contributed by atoms with Crippen molar-refractivity contribution in [2.24, 2.45) is 7.05 Å². The first-order valence-corrected chi connectivity index (χ1v) is 13.6. The van der Waals surface area contributed by atoms with Crippen molar-refractivity contribution in [1.82, 2.24) is 4.57 Å². The average Bonchev–Trinajstić information content (AvgIpc) is 2.79. The SMILES string of the molecule is Cn1c(=O)cc2c3c(c(Nc4ccc(S(C)(=O)=O)cc4S(=O)(=O)O)ccc31)C(=O)c1ccccc1-2. The highest BCUT2D eigenvalue weighted by Gasteiger charge is 2.30. The summed E-state index contributed by atoms with van der Waals surface area (Å²) in [6, 6.07) is 14.7. The molecular formula is C24H18N2O7S2. The summed E-state index contributed by atoms with van der Waals surface area (Å²) in [6.45, 7) is 0. The summed E-state index contributed by atoms with van der Waals surface area (Å²) in [4.78, 5) is 25.2. The minimum Gasteiger partial charge on any atom is -0.354 e. The van der Waals surface area contributed by atoms with Crippen molar-refractivity contribution in [3.05, 3.63) is 82.1 Å². The quantitative estimate of drug-likeness (QED) is 0.352. The lowest BCUT2D eigenvalue weighted by atomic mass is 9.83. The van der Waals surface area contributed by atoms with Gasteiger partial charge >= 0.3 is 0 Å². The number of aryl methyl sites for hydroxylation is 1. The second kappa shape index (κ2) is 7.60. The molecule has 0 unspecified atom stereocenters. The first-order valence-electron chi connectivity index (χ1n) is 10.3. The highest BCUT2D eigenvalue weighted by atomic mass is 32.2. The van der Waals surface area contributed by atoms with Gasteiger partial charge in [0.15, 0.2) is 15.6 Å². The number of rotatable bonds is 4. The first kappa shape index (κ1) is 23.0. The Morgan fingerprint density at radius 2 is 1.49 bits per heavy atom. The van der Waals surface area contributed by atoms with Crippen molar-refractivity contribution in [1.29, 1.82) is 0 Å². The van der Waals surface area contributed by atoms with E-state index in [9.17, 15) is 31.0 Å². The minimum atomic E-state index is -4.82. The third kappa shape index (κ3) is 3.64. The molecule has 0 aliphatic heterocycles. The normalized spacial score (nSPS) is 13.1. The Hall–Kier alpha value is -3.80. The number of fused-ring (bicyclic) bond motifs is 2. The van der Waals surface area contributed by atoms with E-state index in [1.807, 2.05) is 0 Å². The number of aromatic nitrogens is 1. The molecule has 5 rings (SSSR count). The molecule has 1 aromatic heterocycles. The molecule has 11 heteroatoms. The molecule has 178 valence electrons. The van der Waals surface area contributed by atoms with Crippen LogP contribution in [0.15, 0.2) is 75.2 Å². The second-order valence-electron chi connectivity index (χ2n) is 8.24. The molecule has 1 aliphatic rings. The number of benzene rings is 3. The molecule has 0 saturated heterocycles. The minimum absolute atomic E-state index is 0.117. The van der Waals surface area contributed by atoms with E-state index in [0.717, 1.165) is 12.3 Å². The zero-order valence-electron chi connectivity index (χ0n) is 18.4. The second-order valence-corrected chi connectivity index (χ2v) is 11.6. The van der Waals surface area contributed by atoms with Gasteiger partial charge in [-0.15, -0.1) is 0 Å². The Balaban J connectivity index is 1.81. The number of pyridine rings is 1. The topological polar surface area (TPSA) is 140 Å². The van der Waals surface area contributed by atoms with Crippen LogP contribution < -0.4 is 10.9 Å². The van der Waals surface area contributed by atoms with Gasteiger partial charge in [-0.2, -0.15) is 8.42 Å². The van der Waals surface area contributed by atoms with E-state index < -0.39 is 24.9 Å². The molecule has 4 aromatic rings. The van der Waals surface area contributed by atoms with Gasteiger partial charge in [0.2, 0.25) is 0 Å². The van der Waals surface area contributed by atoms with E-state index in [1.165, 1.54) is 28.8 Å². The smallest absolute Gasteiger partial charge is 0.296 e. The Morgan fingerprint density at radius 3 is 2.14 bits per heavy atom. The Labute approximate surface area is 200 Å². The van der Waals surface area contributed by atoms with E-state index in [1.54, 1.807) is 37.4 Å². The number of hydrogen-bond donors (Lipinski definition) is 2. The van der Waals surface area contributed by atoms with Crippen LogP contribution in [0.25, 0.3) is 22.0 Å². The molecular weight excluding hydrogens is 492 g/mol. The molecule has 1 heterocycles. The molecule has 0 fully saturated rings. The highest BCUT2D eigenvalue weighted by molar-refractivity contribution is 7.90. The molecule has 0 bridgehead atoms.